The molecule has 196 valence electrons. The second kappa shape index (κ2) is 10.1. The molecule has 0 radical (unpaired) electrons. The summed E-state index contributed by atoms with van der Waals surface area (Å²) in [4.78, 5) is 51.2. The van der Waals surface area contributed by atoms with Crippen molar-refractivity contribution in [2.45, 2.75) is 30.3 Å². The molecule has 0 spiro atoms. The zero-order valence-electron chi connectivity index (χ0n) is 20.5. The van der Waals surface area contributed by atoms with E-state index in [-0.39, 0.29) is 47.2 Å². The van der Waals surface area contributed by atoms with Gasteiger partial charge in [-0.15, -0.1) is 0 Å². The molecule has 12 heteroatoms. The fraction of sp³-hybridized carbons (Fsp3) is 0.346. The lowest BCUT2D eigenvalue weighted by atomic mass is 9.87. The van der Waals surface area contributed by atoms with E-state index in [0.29, 0.717) is 54.6 Å². The Hall–Kier alpha value is -3.90. The number of aromatic nitrogens is 2. The number of rotatable bonds is 6. The first-order valence-electron chi connectivity index (χ1n) is 12.5. The van der Waals surface area contributed by atoms with Crippen molar-refractivity contribution in [1.29, 1.82) is 0 Å². The summed E-state index contributed by atoms with van der Waals surface area (Å²) in [7, 11) is 0. The van der Waals surface area contributed by atoms with E-state index in [1.807, 2.05) is 30.3 Å². The Kier molecular flexibility index (Phi) is 6.50. The van der Waals surface area contributed by atoms with Crippen LogP contribution in [0, 0.1) is 5.92 Å². The zero-order valence-corrected chi connectivity index (χ0v) is 21.3. The van der Waals surface area contributed by atoms with Gasteiger partial charge in [0.05, 0.1) is 28.7 Å². The molecule has 3 fully saturated rings. The maximum absolute atomic E-state index is 13.3. The van der Waals surface area contributed by atoms with Gasteiger partial charge in [0.1, 0.15) is 5.75 Å². The van der Waals surface area contributed by atoms with Gasteiger partial charge in [0.25, 0.3) is 5.91 Å². The number of thioether (sulfide) groups is 1. The van der Waals surface area contributed by atoms with Crippen molar-refractivity contribution in [3.8, 4) is 11.5 Å². The van der Waals surface area contributed by atoms with E-state index in [9.17, 15) is 14.4 Å². The summed E-state index contributed by atoms with van der Waals surface area (Å²) in [6, 6.07) is 8.62. The number of nitrogens with one attached hydrogen (secondary N) is 3. The lowest BCUT2D eigenvalue weighted by Crippen LogP contribution is -2.62. The van der Waals surface area contributed by atoms with Crippen molar-refractivity contribution in [3.05, 3.63) is 66.0 Å². The van der Waals surface area contributed by atoms with Crippen LogP contribution in [0.15, 0.2) is 66.0 Å². The number of para-hydroxylation sites is 1. The first-order valence-corrected chi connectivity index (χ1v) is 13.4. The Morgan fingerprint density at radius 3 is 2.71 bits per heavy atom. The maximum atomic E-state index is 13.3. The molecule has 4 amide bonds. The molecule has 1 aromatic carbocycles. The Morgan fingerprint density at radius 2 is 1.95 bits per heavy atom. The molecule has 11 nitrogen and oxygen atoms in total. The van der Waals surface area contributed by atoms with Gasteiger partial charge in [-0.2, -0.15) is 0 Å². The van der Waals surface area contributed by atoms with Crippen LogP contribution in [0.4, 0.5) is 10.7 Å². The van der Waals surface area contributed by atoms with Crippen LogP contribution in [0.2, 0.25) is 0 Å². The number of carbonyl (C=O) groups excluding carboxylic acids is 3. The molecule has 6 rings (SSSR count). The number of urea groups is 1. The lowest BCUT2D eigenvalue weighted by molar-refractivity contribution is -0.125. The van der Waals surface area contributed by atoms with Crippen molar-refractivity contribution in [1.82, 2.24) is 30.8 Å². The highest BCUT2D eigenvalue weighted by Gasteiger charge is 2.52. The van der Waals surface area contributed by atoms with Crippen LogP contribution in [-0.4, -0.2) is 69.8 Å². The standard InChI is InChI=1S/C26H27N7O4S/c1-2-19(34)32-11-9-15(14-32)30-23(35)22-21-20-18(8-10-27-24(20)38-22)33(26(36)31-21)25-28-12-17(13-29-25)37-16-6-4-3-5-7-16/h2-7,12-13,15,18,20,24,27H,1,8-11,14H2,(H,30,35)(H,31,36)/t15-,18?,20?,24?/m1/s1. The number of hydrogen-bond donors (Lipinski definition) is 3. The van der Waals surface area contributed by atoms with Gasteiger partial charge in [-0.1, -0.05) is 36.5 Å². The van der Waals surface area contributed by atoms with Crippen molar-refractivity contribution < 1.29 is 19.1 Å². The first kappa shape index (κ1) is 24.4. The van der Waals surface area contributed by atoms with Gasteiger partial charge in [-0.25, -0.2) is 14.8 Å². The Labute approximate surface area is 223 Å². The topological polar surface area (TPSA) is 129 Å². The molecule has 0 aliphatic carbocycles. The van der Waals surface area contributed by atoms with Crippen LogP contribution in [0.25, 0.3) is 0 Å². The molecule has 2 aromatic rings. The number of amides is 4. The monoisotopic (exact) mass is 533 g/mol. The minimum absolute atomic E-state index is 0.0595. The van der Waals surface area contributed by atoms with Crippen molar-refractivity contribution in [2.75, 3.05) is 24.5 Å². The molecule has 0 saturated carbocycles. The Morgan fingerprint density at radius 1 is 1.16 bits per heavy atom. The SMILES string of the molecule is C=CC(=O)N1CC[C@@H](NC(=O)C2=C3NC(=O)N(c4ncc(Oc5ccccc5)cn4)C4CCNC(S2)C34)C1. The molecule has 38 heavy (non-hydrogen) atoms. The molecular formula is C26H27N7O4S. The minimum Gasteiger partial charge on any atom is -0.454 e. The summed E-state index contributed by atoms with van der Waals surface area (Å²) in [5.74, 6) is 0.939. The van der Waals surface area contributed by atoms with E-state index < -0.39 is 0 Å². The summed E-state index contributed by atoms with van der Waals surface area (Å²) in [6.45, 7) is 5.24. The maximum Gasteiger partial charge on any atom is 0.328 e. The van der Waals surface area contributed by atoms with Gasteiger partial charge in [0, 0.05) is 30.7 Å². The third-order valence-corrected chi connectivity index (χ3v) is 8.52. The predicted molar refractivity (Wildman–Crippen MR) is 141 cm³/mol. The largest absolute Gasteiger partial charge is 0.454 e. The number of benzene rings is 1. The van der Waals surface area contributed by atoms with E-state index in [1.165, 1.54) is 17.8 Å². The van der Waals surface area contributed by atoms with E-state index in [4.69, 9.17) is 4.74 Å². The van der Waals surface area contributed by atoms with E-state index in [0.717, 1.165) is 0 Å². The molecular weight excluding hydrogens is 506 g/mol. The summed E-state index contributed by atoms with van der Waals surface area (Å²) in [5.41, 5.74) is 0.636. The number of hydrogen-bond acceptors (Lipinski definition) is 8. The van der Waals surface area contributed by atoms with Crippen LogP contribution in [0.5, 0.6) is 11.5 Å². The van der Waals surface area contributed by atoms with Gasteiger partial charge in [0.15, 0.2) is 5.75 Å². The van der Waals surface area contributed by atoms with Gasteiger partial charge in [-0.05, 0) is 37.6 Å². The fourth-order valence-corrected chi connectivity index (χ4v) is 6.82. The van der Waals surface area contributed by atoms with Gasteiger partial charge in [0.2, 0.25) is 11.9 Å². The molecule has 3 unspecified atom stereocenters. The average Bonchev–Trinajstić information content (AvgIpc) is 3.55. The zero-order chi connectivity index (χ0) is 26.2. The van der Waals surface area contributed by atoms with Crippen LogP contribution in [0.1, 0.15) is 12.8 Å². The van der Waals surface area contributed by atoms with E-state index in [1.54, 1.807) is 22.2 Å². The van der Waals surface area contributed by atoms with Crippen molar-refractivity contribution in [2.24, 2.45) is 5.92 Å². The second-order valence-corrected chi connectivity index (χ2v) is 10.7. The molecule has 4 aliphatic rings. The van der Waals surface area contributed by atoms with Gasteiger partial charge >= 0.3 is 6.03 Å². The molecule has 5 heterocycles. The van der Waals surface area contributed by atoms with Crippen LogP contribution >= 0.6 is 11.8 Å². The first-order chi connectivity index (χ1) is 18.5. The molecule has 3 saturated heterocycles. The molecule has 4 atom stereocenters. The number of likely N-dealkylation sites (tertiary alicyclic amines) is 1. The number of carbonyl (C=O) groups is 3. The summed E-state index contributed by atoms with van der Waals surface area (Å²) < 4.78 is 5.78. The smallest absolute Gasteiger partial charge is 0.328 e. The second-order valence-electron chi connectivity index (χ2n) is 9.50. The molecule has 4 aliphatic heterocycles. The normalized spacial score (nSPS) is 26.1. The third kappa shape index (κ3) is 4.50. The predicted octanol–water partition coefficient (Wildman–Crippen LogP) is 1.96. The Balaban J connectivity index is 1.19. The number of ether oxygens (including phenoxy) is 1. The highest BCUT2D eigenvalue weighted by atomic mass is 32.2. The summed E-state index contributed by atoms with van der Waals surface area (Å²) >= 11 is 1.43. The number of piperidine rings is 1. The lowest BCUT2D eigenvalue weighted by Gasteiger charge is -2.44. The Bertz CT molecular complexity index is 1300. The van der Waals surface area contributed by atoms with Crippen LogP contribution in [-0.2, 0) is 9.59 Å². The van der Waals surface area contributed by atoms with Gasteiger partial charge < -0.3 is 25.6 Å². The summed E-state index contributed by atoms with van der Waals surface area (Å²) in [5, 5.41) is 9.43. The molecule has 0 bridgehead atoms. The highest BCUT2D eigenvalue weighted by Crippen LogP contribution is 2.47. The van der Waals surface area contributed by atoms with Gasteiger partial charge in [-0.3, -0.25) is 14.5 Å². The van der Waals surface area contributed by atoms with Crippen molar-refractivity contribution in [3.63, 3.8) is 0 Å². The quantitative estimate of drug-likeness (QED) is 0.481. The highest BCUT2D eigenvalue weighted by molar-refractivity contribution is 8.04. The third-order valence-electron chi connectivity index (χ3n) is 7.17. The molecule has 3 N–H and O–H groups in total. The van der Waals surface area contributed by atoms with Crippen LogP contribution < -0.4 is 25.6 Å². The minimum atomic E-state index is -0.366. The fourth-order valence-electron chi connectivity index (χ4n) is 5.42. The molecule has 1 aromatic heterocycles. The van der Waals surface area contributed by atoms with E-state index in [2.05, 4.69) is 32.5 Å². The van der Waals surface area contributed by atoms with E-state index >= 15 is 0 Å². The average molecular weight is 534 g/mol. The number of anilines is 1. The number of nitrogens with zero attached hydrogens (tertiary/aromatic N) is 4. The van der Waals surface area contributed by atoms with Crippen molar-refractivity contribution >= 4 is 35.6 Å². The van der Waals surface area contributed by atoms with Crippen LogP contribution in [0.3, 0.4) is 0 Å². The summed E-state index contributed by atoms with van der Waals surface area (Å²) in [6.07, 6.45) is 5.76.